The minimum Gasteiger partial charge on any atom is -0.489 e. The summed E-state index contributed by atoms with van der Waals surface area (Å²) in [5, 5.41) is 28.7. The molecule has 0 saturated heterocycles. The Bertz CT molecular complexity index is 3120. The molecule has 0 aliphatic carbocycles. The van der Waals surface area contributed by atoms with Crippen LogP contribution in [0.1, 0.15) is 27.3 Å². The Morgan fingerprint density at radius 2 is 1.17 bits per heavy atom. The summed E-state index contributed by atoms with van der Waals surface area (Å²) in [7, 11) is 0. The largest absolute Gasteiger partial charge is 0.489 e. The predicted octanol–water partition coefficient (Wildman–Crippen LogP) is 9.90. The van der Waals surface area contributed by atoms with Crippen molar-refractivity contribution in [1.29, 1.82) is 0 Å². The molecule has 10 aromatic rings. The number of nitrogens with zero attached hydrogens (tertiary/aromatic N) is 5. The van der Waals surface area contributed by atoms with Gasteiger partial charge in [-0.3, -0.25) is 24.4 Å². The molecule has 0 spiro atoms. The maximum atomic E-state index is 12.6. The normalized spacial score (nSPS) is 10.8. The van der Waals surface area contributed by atoms with Crippen LogP contribution in [-0.2, 0) is 42.2 Å². The Morgan fingerprint density at radius 3 is 1.71 bits per heavy atom. The molecule has 66 heavy (non-hydrogen) atoms. The first-order valence-electron chi connectivity index (χ1n) is 21.2. The number of hydrogen-bond donors (Lipinski definition) is 5. The molecule has 0 aliphatic rings. The van der Waals surface area contributed by atoms with Gasteiger partial charge in [-0.1, -0.05) is 84.9 Å². The molecule has 15 heteroatoms. The van der Waals surface area contributed by atoms with Crippen molar-refractivity contribution < 1.29 is 19.1 Å². The predicted molar refractivity (Wildman–Crippen MR) is 258 cm³/mol. The van der Waals surface area contributed by atoms with Crippen LogP contribution in [0.15, 0.2) is 176 Å². The van der Waals surface area contributed by atoms with E-state index in [1.807, 2.05) is 162 Å². The number of carbonyl (C=O) groups is 2. The zero-order valence-corrected chi connectivity index (χ0v) is 36.4. The number of ether oxygens (including phenoxy) is 2. The lowest BCUT2D eigenvalue weighted by Gasteiger charge is -2.08. The van der Waals surface area contributed by atoms with E-state index >= 15 is 0 Å². The number of imidazole rings is 1. The summed E-state index contributed by atoms with van der Waals surface area (Å²) in [5.41, 5.74) is 7.28. The lowest BCUT2D eigenvalue weighted by molar-refractivity contribution is -0.116. The zero-order chi connectivity index (χ0) is 44.9. The summed E-state index contributed by atoms with van der Waals surface area (Å²) < 4.78 is 13.4. The van der Waals surface area contributed by atoms with E-state index in [1.54, 1.807) is 30.1 Å². The molecule has 0 bridgehead atoms. The number of thiazole rings is 1. The third-order valence-electron chi connectivity index (χ3n) is 10.4. The van der Waals surface area contributed by atoms with Crippen molar-refractivity contribution in [3.63, 3.8) is 0 Å². The number of H-pyrrole nitrogens is 2. The average Bonchev–Trinajstić information content (AvgIpc) is 4.20. The van der Waals surface area contributed by atoms with Gasteiger partial charge in [0, 0.05) is 46.1 Å². The number of aromatic nitrogens is 7. The number of anilines is 3. The van der Waals surface area contributed by atoms with Crippen molar-refractivity contribution in [2.75, 3.05) is 16.0 Å². The molecule has 6 aromatic carbocycles. The summed E-state index contributed by atoms with van der Waals surface area (Å²) >= 11 is 1.59. The number of hydrogen-bond acceptors (Lipinski definition) is 10. The molecular formula is C51H44N10O4S. The molecule has 2 amide bonds. The van der Waals surface area contributed by atoms with Crippen molar-refractivity contribution >= 4 is 62.1 Å². The second-order valence-corrected chi connectivity index (χ2v) is 16.2. The summed E-state index contributed by atoms with van der Waals surface area (Å²) in [6.45, 7) is 1.62. The van der Waals surface area contributed by atoms with Crippen molar-refractivity contribution in [3.05, 3.63) is 203 Å². The van der Waals surface area contributed by atoms with E-state index in [2.05, 4.69) is 46.3 Å². The van der Waals surface area contributed by atoms with E-state index in [-0.39, 0.29) is 24.7 Å². The van der Waals surface area contributed by atoms with E-state index in [4.69, 9.17) is 9.47 Å². The Hall–Kier alpha value is -8.56. The smallest absolute Gasteiger partial charge is 0.228 e. The Kier molecular flexibility index (Phi) is 13.4. The first-order valence-corrected chi connectivity index (χ1v) is 22.0. The molecule has 0 radical (unpaired) electrons. The van der Waals surface area contributed by atoms with Crippen LogP contribution in [0.3, 0.4) is 0 Å². The summed E-state index contributed by atoms with van der Waals surface area (Å²) in [6, 6.07) is 46.6. The summed E-state index contributed by atoms with van der Waals surface area (Å²) in [4.78, 5) is 33.6. The number of aromatic amines is 2. The fraction of sp³-hybridized carbons (Fsp3) is 0.0980. The van der Waals surface area contributed by atoms with Crippen LogP contribution in [0.25, 0.3) is 27.6 Å². The van der Waals surface area contributed by atoms with Crippen LogP contribution in [-0.4, -0.2) is 46.7 Å². The molecule has 5 N–H and O–H groups in total. The fourth-order valence-corrected chi connectivity index (χ4v) is 7.61. The highest BCUT2D eigenvalue weighted by molar-refractivity contribution is 7.09. The minimum absolute atomic E-state index is 0.0851. The average molecular weight is 893 g/mol. The summed E-state index contributed by atoms with van der Waals surface area (Å²) in [6.07, 6.45) is 7.55. The zero-order valence-electron chi connectivity index (χ0n) is 35.6. The van der Waals surface area contributed by atoms with Gasteiger partial charge in [-0.05, 0) is 82.9 Å². The van der Waals surface area contributed by atoms with Gasteiger partial charge in [0.15, 0.2) is 11.6 Å². The highest BCUT2D eigenvalue weighted by atomic mass is 32.1. The van der Waals surface area contributed by atoms with E-state index in [1.165, 1.54) is 0 Å². The molecule has 0 saturated carbocycles. The molecule has 328 valence electrons. The minimum atomic E-state index is -0.0880. The lowest BCUT2D eigenvalue weighted by Crippen LogP contribution is -2.14. The number of fused-ring (bicyclic) bond motifs is 2. The number of benzene rings is 6. The van der Waals surface area contributed by atoms with Crippen LogP contribution in [0.2, 0.25) is 0 Å². The maximum absolute atomic E-state index is 12.6. The van der Waals surface area contributed by atoms with Gasteiger partial charge in [0.25, 0.3) is 0 Å². The van der Waals surface area contributed by atoms with Gasteiger partial charge in [0.1, 0.15) is 36.0 Å². The number of carbonyl (C=O) groups excluding carboxylic acids is 2. The second kappa shape index (κ2) is 20.7. The topological polar surface area (TPSA) is 177 Å². The maximum Gasteiger partial charge on any atom is 0.228 e. The molecule has 0 fully saturated rings. The standard InChI is InChI=1S/C26H23N5O2S.C25H21N5O2/c32-24(14-18-6-9-21(10-7-18)33-17-19-4-2-1-3-5-19)29-20-8-11-23-22(15-20)26(31-30-23)28-16-25-27-12-13-34-25;31-24(14-18-6-9-21(10-7-18)32-16-19-4-2-1-3-5-19)27-20-8-11-23-22(15-20)25(29-28-23)30-13-12-26-17-30/h1-13,15H,14,16-17H2,(H,29,32)(H2,28,30,31);1-13,15,17H,14,16H2,(H,27,31)(H,28,29). The van der Waals surface area contributed by atoms with E-state index in [0.717, 1.165) is 77.9 Å². The molecule has 4 aromatic heterocycles. The van der Waals surface area contributed by atoms with Crippen molar-refractivity contribution in [2.45, 2.75) is 32.6 Å². The monoisotopic (exact) mass is 892 g/mol. The first kappa shape index (κ1) is 42.7. The number of nitrogens with one attached hydrogen (secondary N) is 5. The van der Waals surface area contributed by atoms with Gasteiger partial charge in [-0.2, -0.15) is 10.2 Å². The second-order valence-electron chi connectivity index (χ2n) is 15.2. The highest BCUT2D eigenvalue weighted by Gasteiger charge is 2.12. The first-order chi connectivity index (χ1) is 32.5. The summed E-state index contributed by atoms with van der Waals surface area (Å²) in [5.74, 6) is 2.84. The lowest BCUT2D eigenvalue weighted by atomic mass is 10.1. The van der Waals surface area contributed by atoms with Crippen LogP contribution in [0.4, 0.5) is 17.2 Å². The van der Waals surface area contributed by atoms with Crippen LogP contribution < -0.4 is 25.4 Å². The molecule has 0 unspecified atom stereocenters. The number of rotatable bonds is 16. The van der Waals surface area contributed by atoms with Crippen molar-refractivity contribution in [1.82, 2.24) is 34.9 Å². The van der Waals surface area contributed by atoms with Gasteiger partial charge in [0.2, 0.25) is 11.8 Å². The molecule has 14 nitrogen and oxygen atoms in total. The quantitative estimate of drug-likeness (QED) is 0.0632. The third-order valence-corrected chi connectivity index (χ3v) is 11.2. The molecular weight excluding hydrogens is 849 g/mol. The molecule has 4 heterocycles. The third kappa shape index (κ3) is 11.3. The van der Waals surface area contributed by atoms with E-state index in [0.29, 0.717) is 25.4 Å². The van der Waals surface area contributed by atoms with Crippen molar-refractivity contribution in [2.24, 2.45) is 0 Å². The van der Waals surface area contributed by atoms with Crippen LogP contribution in [0.5, 0.6) is 11.5 Å². The molecule has 0 atom stereocenters. The number of amides is 2. The fourth-order valence-electron chi connectivity index (χ4n) is 7.06. The van der Waals surface area contributed by atoms with Gasteiger partial charge >= 0.3 is 0 Å². The van der Waals surface area contributed by atoms with E-state index < -0.39 is 0 Å². The van der Waals surface area contributed by atoms with Gasteiger partial charge in [0.05, 0.1) is 30.4 Å². The molecule has 10 rings (SSSR count). The van der Waals surface area contributed by atoms with Gasteiger partial charge in [-0.15, -0.1) is 11.3 Å². The van der Waals surface area contributed by atoms with Gasteiger partial charge in [-0.25, -0.2) is 9.97 Å². The highest BCUT2D eigenvalue weighted by Crippen LogP contribution is 2.26. The van der Waals surface area contributed by atoms with Crippen LogP contribution in [0, 0.1) is 0 Å². The Labute approximate surface area is 383 Å². The van der Waals surface area contributed by atoms with Gasteiger partial charge < -0.3 is 25.4 Å². The van der Waals surface area contributed by atoms with Crippen LogP contribution >= 0.6 is 11.3 Å². The Morgan fingerprint density at radius 1 is 0.606 bits per heavy atom. The molecule has 0 aliphatic heterocycles. The SMILES string of the molecule is O=C(Cc1ccc(OCc2ccccc2)cc1)Nc1ccc2[nH]nc(-n3ccnc3)c2c1.O=C(Cc1ccc(OCc2ccccc2)cc1)Nc1ccc2[nH]nc(NCc3nccs3)c2c1. The van der Waals surface area contributed by atoms with E-state index in [9.17, 15) is 9.59 Å². The van der Waals surface area contributed by atoms with Crippen molar-refractivity contribution in [3.8, 4) is 17.3 Å². The Balaban J connectivity index is 0.000000166.